The molecule has 3 nitrogen and oxygen atoms in total. The Labute approximate surface area is 131 Å². The maximum atomic E-state index is 3.64. The van der Waals surface area contributed by atoms with Crippen molar-refractivity contribution in [3.63, 3.8) is 0 Å². The minimum atomic E-state index is 0.510. The summed E-state index contributed by atoms with van der Waals surface area (Å²) in [6, 6.07) is 15.8. The van der Waals surface area contributed by atoms with Crippen molar-refractivity contribution >= 4 is 10.9 Å². The lowest BCUT2D eigenvalue weighted by Gasteiger charge is -2.35. The van der Waals surface area contributed by atoms with Crippen molar-refractivity contribution in [3.05, 3.63) is 60.0 Å². The topological polar surface area (TPSA) is 24.0 Å². The second-order valence-corrected chi connectivity index (χ2v) is 6.40. The molecule has 3 heterocycles. The van der Waals surface area contributed by atoms with Crippen LogP contribution in [0.5, 0.6) is 0 Å². The van der Waals surface area contributed by atoms with Gasteiger partial charge in [0.25, 0.3) is 0 Å². The van der Waals surface area contributed by atoms with Crippen molar-refractivity contribution in [2.75, 3.05) is 6.54 Å². The van der Waals surface area contributed by atoms with Crippen LogP contribution in [0.1, 0.15) is 36.7 Å². The predicted octanol–water partition coefficient (Wildman–Crippen LogP) is 4.23. The summed E-state index contributed by atoms with van der Waals surface area (Å²) < 4.78 is 2.23. The van der Waals surface area contributed by atoms with E-state index in [2.05, 4.69) is 70.2 Å². The molecule has 0 aliphatic carbocycles. The van der Waals surface area contributed by atoms with E-state index in [1.807, 2.05) is 0 Å². The number of benzene rings is 1. The Morgan fingerprint density at radius 2 is 2.05 bits per heavy atom. The lowest BCUT2D eigenvalue weighted by molar-refractivity contribution is 0.135. The van der Waals surface area contributed by atoms with Crippen LogP contribution in [0.3, 0.4) is 0 Å². The average Bonchev–Trinajstić information content (AvgIpc) is 3.14. The van der Waals surface area contributed by atoms with E-state index in [1.54, 1.807) is 0 Å². The fourth-order valence-electron chi connectivity index (χ4n) is 3.68. The molecule has 0 saturated carbocycles. The van der Waals surface area contributed by atoms with Crippen LogP contribution in [0.15, 0.2) is 48.7 Å². The van der Waals surface area contributed by atoms with Crippen LogP contribution >= 0.6 is 0 Å². The number of hydrogen-bond donors (Lipinski definition) is 1. The van der Waals surface area contributed by atoms with Gasteiger partial charge in [-0.2, -0.15) is 0 Å². The van der Waals surface area contributed by atoms with Gasteiger partial charge in [-0.15, -0.1) is 0 Å². The Kier molecular flexibility index (Phi) is 3.51. The number of piperidine rings is 1. The molecule has 0 radical (unpaired) electrons. The first kappa shape index (κ1) is 13.6. The molecule has 0 bridgehead atoms. The largest absolute Gasteiger partial charge is 0.357 e. The number of aromatic amines is 1. The van der Waals surface area contributed by atoms with Gasteiger partial charge in [0.2, 0.25) is 0 Å². The minimum Gasteiger partial charge on any atom is -0.357 e. The van der Waals surface area contributed by atoms with Crippen LogP contribution < -0.4 is 0 Å². The number of likely N-dealkylation sites (tertiary alicyclic amines) is 1. The fraction of sp³-hybridized carbons (Fsp3) is 0.368. The second kappa shape index (κ2) is 5.65. The highest BCUT2D eigenvalue weighted by atomic mass is 15.2. The van der Waals surface area contributed by atoms with Gasteiger partial charge in [0.05, 0.1) is 6.04 Å². The van der Waals surface area contributed by atoms with Crippen molar-refractivity contribution in [1.82, 2.24) is 14.5 Å². The van der Waals surface area contributed by atoms with Gasteiger partial charge in [-0.3, -0.25) is 4.90 Å². The lowest BCUT2D eigenvalue weighted by Crippen LogP contribution is -2.33. The van der Waals surface area contributed by atoms with Crippen molar-refractivity contribution < 1.29 is 0 Å². The number of hydrogen-bond acceptors (Lipinski definition) is 1. The first-order valence-electron chi connectivity index (χ1n) is 8.23. The number of nitrogens with zero attached hydrogens (tertiary/aromatic N) is 2. The first-order valence-corrected chi connectivity index (χ1v) is 8.23. The quantitative estimate of drug-likeness (QED) is 0.767. The highest BCUT2D eigenvalue weighted by Gasteiger charge is 2.25. The van der Waals surface area contributed by atoms with E-state index in [1.165, 1.54) is 48.1 Å². The van der Waals surface area contributed by atoms with Crippen LogP contribution in [0, 0.1) is 0 Å². The second-order valence-electron chi connectivity index (χ2n) is 6.40. The number of fused-ring (bicyclic) bond motifs is 1. The summed E-state index contributed by atoms with van der Waals surface area (Å²) in [6.07, 6.45) is 6.01. The molecule has 114 valence electrons. The number of aromatic nitrogens is 2. The van der Waals surface area contributed by atoms with Crippen LogP contribution in [0.25, 0.3) is 10.9 Å². The highest BCUT2D eigenvalue weighted by molar-refractivity contribution is 5.80. The van der Waals surface area contributed by atoms with E-state index in [0.29, 0.717) is 6.04 Å². The van der Waals surface area contributed by atoms with Crippen LogP contribution in [-0.4, -0.2) is 21.0 Å². The minimum absolute atomic E-state index is 0.510. The summed E-state index contributed by atoms with van der Waals surface area (Å²) in [7, 11) is 2.14. The van der Waals surface area contributed by atoms with Gasteiger partial charge in [0.15, 0.2) is 0 Å². The van der Waals surface area contributed by atoms with E-state index in [4.69, 9.17) is 0 Å². The van der Waals surface area contributed by atoms with Gasteiger partial charge >= 0.3 is 0 Å². The summed E-state index contributed by atoms with van der Waals surface area (Å²) in [5, 5.41) is 1.32. The SMILES string of the molecule is Cn1cccc1CN1CCCCC1c1cc2ccccc2[nH]1. The summed E-state index contributed by atoms with van der Waals surface area (Å²) in [5.74, 6) is 0. The van der Waals surface area contributed by atoms with Gasteiger partial charge in [-0.05, 0) is 49.0 Å². The van der Waals surface area contributed by atoms with Gasteiger partial charge in [-0.25, -0.2) is 0 Å². The molecule has 4 rings (SSSR count). The Hall–Kier alpha value is -2.00. The summed E-state index contributed by atoms with van der Waals surface area (Å²) in [6.45, 7) is 2.22. The molecule has 1 aliphatic heterocycles. The van der Waals surface area contributed by atoms with Gasteiger partial charge < -0.3 is 9.55 Å². The van der Waals surface area contributed by atoms with Crippen LogP contribution in [0.2, 0.25) is 0 Å². The Bertz CT molecular complexity index is 735. The predicted molar refractivity (Wildman–Crippen MR) is 90.7 cm³/mol. The molecule has 1 saturated heterocycles. The third-order valence-electron chi connectivity index (χ3n) is 4.94. The summed E-state index contributed by atoms with van der Waals surface area (Å²) >= 11 is 0. The Morgan fingerprint density at radius 1 is 1.14 bits per heavy atom. The van der Waals surface area contributed by atoms with Gasteiger partial charge in [-0.1, -0.05) is 24.6 Å². The van der Waals surface area contributed by atoms with Crippen molar-refractivity contribution in [2.45, 2.75) is 31.8 Å². The molecule has 1 unspecified atom stereocenters. The van der Waals surface area contributed by atoms with E-state index < -0.39 is 0 Å². The maximum Gasteiger partial charge on any atom is 0.0502 e. The van der Waals surface area contributed by atoms with Gasteiger partial charge in [0, 0.05) is 36.7 Å². The van der Waals surface area contributed by atoms with Crippen molar-refractivity contribution in [3.8, 4) is 0 Å². The number of rotatable bonds is 3. The summed E-state index contributed by atoms with van der Waals surface area (Å²) in [5.41, 5.74) is 4.01. The third kappa shape index (κ3) is 2.46. The molecule has 2 aromatic heterocycles. The maximum absolute atomic E-state index is 3.64. The third-order valence-corrected chi connectivity index (χ3v) is 4.94. The highest BCUT2D eigenvalue weighted by Crippen LogP contribution is 2.33. The van der Waals surface area contributed by atoms with Crippen LogP contribution in [-0.2, 0) is 13.6 Å². The molecule has 1 fully saturated rings. The number of H-pyrrole nitrogens is 1. The zero-order valence-electron chi connectivity index (χ0n) is 13.1. The Morgan fingerprint density at radius 3 is 2.86 bits per heavy atom. The van der Waals surface area contributed by atoms with Crippen molar-refractivity contribution in [1.29, 1.82) is 0 Å². The summed E-state index contributed by atoms with van der Waals surface area (Å²) in [4.78, 5) is 6.27. The molecule has 0 spiro atoms. The Balaban J connectivity index is 1.63. The fourth-order valence-corrected chi connectivity index (χ4v) is 3.68. The first-order chi connectivity index (χ1) is 10.8. The molecule has 1 atom stereocenters. The zero-order chi connectivity index (χ0) is 14.9. The standard InChI is InChI=1S/C19H23N3/c1-21-11-6-8-16(21)14-22-12-5-4-10-19(22)18-13-15-7-2-3-9-17(15)20-18/h2-3,6-9,11,13,19-20H,4-5,10,12,14H2,1H3. The number of aryl methyl sites for hydroxylation is 1. The molecular formula is C19H23N3. The molecule has 22 heavy (non-hydrogen) atoms. The van der Waals surface area contributed by atoms with E-state index in [0.717, 1.165) is 6.54 Å². The molecule has 3 heteroatoms. The lowest BCUT2D eigenvalue weighted by atomic mass is 9.99. The monoisotopic (exact) mass is 293 g/mol. The smallest absolute Gasteiger partial charge is 0.0502 e. The van der Waals surface area contributed by atoms with E-state index in [9.17, 15) is 0 Å². The molecule has 0 amide bonds. The molecular weight excluding hydrogens is 270 g/mol. The van der Waals surface area contributed by atoms with Gasteiger partial charge in [0.1, 0.15) is 0 Å². The molecule has 1 aliphatic rings. The number of para-hydroxylation sites is 1. The average molecular weight is 293 g/mol. The molecule has 1 N–H and O–H groups in total. The molecule has 1 aromatic carbocycles. The van der Waals surface area contributed by atoms with Crippen molar-refractivity contribution in [2.24, 2.45) is 7.05 Å². The van der Waals surface area contributed by atoms with E-state index in [-0.39, 0.29) is 0 Å². The van der Waals surface area contributed by atoms with Crippen LogP contribution in [0.4, 0.5) is 0 Å². The van der Waals surface area contributed by atoms with E-state index >= 15 is 0 Å². The molecule has 3 aromatic rings. The number of nitrogens with one attached hydrogen (secondary N) is 1. The normalized spacial score (nSPS) is 19.8. The zero-order valence-corrected chi connectivity index (χ0v) is 13.1.